The van der Waals surface area contributed by atoms with Crippen molar-refractivity contribution in [2.45, 2.75) is 0 Å². The van der Waals surface area contributed by atoms with Crippen LogP contribution in [0.5, 0.6) is 0 Å². The third-order valence-corrected chi connectivity index (χ3v) is 1.42. The maximum absolute atomic E-state index is 10.7. The Hall–Kier alpha value is -2.17. The van der Waals surface area contributed by atoms with Gasteiger partial charge >= 0.3 is 5.97 Å². The number of aliphatic carboxylic acids is 1. The maximum Gasteiger partial charge on any atom is 0.328 e. The van der Waals surface area contributed by atoms with Crippen LogP contribution in [0.25, 0.3) is 6.08 Å². The number of carbonyl (C=O) groups is 2. The molecule has 3 N–H and O–H groups in total. The van der Waals surface area contributed by atoms with Crippen LogP contribution in [0, 0.1) is 0 Å². The lowest BCUT2D eigenvalue weighted by Gasteiger charge is -1.95. The minimum absolute atomic E-state index is 0.109. The Morgan fingerprint density at radius 1 is 1.43 bits per heavy atom. The summed E-state index contributed by atoms with van der Waals surface area (Å²) in [5, 5.41) is 8.35. The summed E-state index contributed by atoms with van der Waals surface area (Å²) < 4.78 is 0. The minimum atomic E-state index is -1.07. The lowest BCUT2D eigenvalue weighted by Crippen LogP contribution is -2.13. The molecule has 1 aromatic rings. The molecule has 0 bridgehead atoms. The first-order chi connectivity index (χ1) is 6.59. The van der Waals surface area contributed by atoms with E-state index in [2.05, 4.69) is 4.98 Å². The number of rotatable bonds is 3. The minimum Gasteiger partial charge on any atom is -0.478 e. The van der Waals surface area contributed by atoms with Crippen LogP contribution in [0.4, 0.5) is 0 Å². The van der Waals surface area contributed by atoms with Crippen LogP contribution in [0.15, 0.2) is 24.3 Å². The van der Waals surface area contributed by atoms with E-state index in [0.29, 0.717) is 5.69 Å². The van der Waals surface area contributed by atoms with Gasteiger partial charge in [0.2, 0.25) is 0 Å². The Bertz CT molecular complexity index is 399. The van der Waals surface area contributed by atoms with Gasteiger partial charge in [-0.1, -0.05) is 6.07 Å². The summed E-state index contributed by atoms with van der Waals surface area (Å²) >= 11 is 0. The van der Waals surface area contributed by atoms with Crippen LogP contribution in [0.3, 0.4) is 0 Å². The fourth-order valence-electron chi connectivity index (χ4n) is 0.838. The van der Waals surface area contributed by atoms with Gasteiger partial charge in [-0.25, -0.2) is 9.78 Å². The molecule has 72 valence electrons. The third-order valence-electron chi connectivity index (χ3n) is 1.42. The molecule has 0 spiro atoms. The van der Waals surface area contributed by atoms with Crippen molar-refractivity contribution in [3.63, 3.8) is 0 Å². The van der Waals surface area contributed by atoms with E-state index in [4.69, 9.17) is 10.8 Å². The van der Waals surface area contributed by atoms with Gasteiger partial charge in [-0.3, -0.25) is 4.79 Å². The van der Waals surface area contributed by atoms with Crippen molar-refractivity contribution < 1.29 is 14.7 Å². The molecule has 0 radical (unpaired) electrons. The van der Waals surface area contributed by atoms with Gasteiger partial charge < -0.3 is 10.8 Å². The second-order valence-electron chi connectivity index (χ2n) is 2.48. The van der Waals surface area contributed by atoms with Crippen LogP contribution in [0.2, 0.25) is 0 Å². The zero-order valence-corrected chi connectivity index (χ0v) is 7.18. The average molecular weight is 192 g/mol. The number of carboxylic acid groups (broad SMARTS) is 1. The van der Waals surface area contributed by atoms with Crippen molar-refractivity contribution >= 4 is 18.0 Å². The fourth-order valence-corrected chi connectivity index (χ4v) is 0.838. The molecule has 1 aromatic heterocycles. The standard InChI is InChI=1S/C9H8N2O3/c10-9(14)7-3-1-2-6(11-7)4-5-8(12)13/h1-5H,(H2,10,14)(H,12,13)/b5-4+. The van der Waals surface area contributed by atoms with E-state index in [1.54, 1.807) is 12.1 Å². The Morgan fingerprint density at radius 3 is 2.71 bits per heavy atom. The van der Waals surface area contributed by atoms with Crippen molar-refractivity contribution in [1.29, 1.82) is 0 Å². The van der Waals surface area contributed by atoms with Gasteiger partial charge in [0.05, 0.1) is 5.69 Å². The normalized spacial score (nSPS) is 10.3. The van der Waals surface area contributed by atoms with Gasteiger partial charge in [-0.05, 0) is 18.2 Å². The van der Waals surface area contributed by atoms with Gasteiger partial charge in [0.25, 0.3) is 5.91 Å². The van der Waals surface area contributed by atoms with E-state index in [0.717, 1.165) is 6.08 Å². The Morgan fingerprint density at radius 2 is 2.14 bits per heavy atom. The first-order valence-corrected chi connectivity index (χ1v) is 3.77. The highest BCUT2D eigenvalue weighted by molar-refractivity contribution is 5.91. The zero-order chi connectivity index (χ0) is 10.6. The summed E-state index contributed by atoms with van der Waals surface area (Å²) in [5.41, 5.74) is 5.48. The maximum atomic E-state index is 10.7. The highest BCUT2D eigenvalue weighted by atomic mass is 16.4. The van der Waals surface area contributed by atoms with Crippen molar-refractivity contribution in [3.8, 4) is 0 Å². The molecule has 1 rings (SSSR count). The number of amides is 1. The topological polar surface area (TPSA) is 93.3 Å². The smallest absolute Gasteiger partial charge is 0.328 e. The highest BCUT2D eigenvalue weighted by Gasteiger charge is 2.00. The number of carboxylic acids is 1. The molecule has 14 heavy (non-hydrogen) atoms. The number of hydrogen-bond donors (Lipinski definition) is 2. The Labute approximate surface area is 79.9 Å². The van der Waals surface area contributed by atoms with Gasteiger partial charge in [0.15, 0.2) is 0 Å². The van der Waals surface area contributed by atoms with Gasteiger partial charge in [-0.15, -0.1) is 0 Å². The summed E-state index contributed by atoms with van der Waals surface area (Å²) in [6.45, 7) is 0. The van der Waals surface area contributed by atoms with Gasteiger partial charge in [0.1, 0.15) is 5.69 Å². The van der Waals surface area contributed by atoms with Crippen LogP contribution in [-0.4, -0.2) is 22.0 Å². The van der Waals surface area contributed by atoms with Gasteiger partial charge in [-0.2, -0.15) is 0 Å². The number of hydrogen-bond acceptors (Lipinski definition) is 3. The van der Waals surface area contributed by atoms with Crippen molar-refractivity contribution in [2.24, 2.45) is 5.73 Å². The predicted octanol–water partition coefficient (Wildman–Crippen LogP) is 0.278. The molecule has 1 heterocycles. The molecular weight excluding hydrogens is 184 g/mol. The second kappa shape index (κ2) is 4.18. The summed E-state index contributed by atoms with van der Waals surface area (Å²) in [5.74, 6) is -1.72. The highest BCUT2D eigenvalue weighted by Crippen LogP contribution is 2.00. The lowest BCUT2D eigenvalue weighted by atomic mass is 10.3. The summed E-state index contributed by atoms with van der Waals surface area (Å²) in [6.07, 6.45) is 2.22. The number of nitrogens with two attached hydrogens (primary N) is 1. The molecule has 0 saturated heterocycles. The number of aromatic nitrogens is 1. The van der Waals surface area contributed by atoms with Crippen molar-refractivity contribution in [1.82, 2.24) is 4.98 Å². The predicted molar refractivity (Wildman–Crippen MR) is 49.4 cm³/mol. The molecule has 5 nitrogen and oxygen atoms in total. The molecule has 0 unspecified atom stereocenters. The Kier molecular flexibility index (Phi) is 2.96. The quantitative estimate of drug-likeness (QED) is 0.672. The van der Waals surface area contributed by atoms with Crippen molar-refractivity contribution in [3.05, 3.63) is 35.7 Å². The average Bonchev–Trinajstić information content (AvgIpc) is 2.15. The molecule has 0 aromatic carbocycles. The molecule has 0 saturated carbocycles. The SMILES string of the molecule is NC(=O)c1cccc(/C=C/C(=O)O)n1. The largest absolute Gasteiger partial charge is 0.478 e. The number of nitrogens with zero attached hydrogens (tertiary/aromatic N) is 1. The molecule has 0 atom stereocenters. The first kappa shape index (κ1) is 9.91. The molecule has 5 heteroatoms. The summed E-state index contributed by atoms with van der Waals surface area (Å²) in [7, 11) is 0. The summed E-state index contributed by atoms with van der Waals surface area (Å²) in [4.78, 5) is 24.7. The van der Waals surface area contributed by atoms with Crippen LogP contribution in [-0.2, 0) is 4.79 Å². The van der Waals surface area contributed by atoms with Crippen LogP contribution >= 0.6 is 0 Å². The second-order valence-corrected chi connectivity index (χ2v) is 2.48. The molecular formula is C9H8N2O3. The van der Waals surface area contributed by atoms with E-state index < -0.39 is 11.9 Å². The molecule has 0 fully saturated rings. The Balaban J connectivity index is 2.94. The molecule has 0 aliphatic heterocycles. The zero-order valence-electron chi connectivity index (χ0n) is 7.18. The van der Waals surface area contributed by atoms with Crippen molar-refractivity contribution in [2.75, 3.05) is 0 Å². The van der Waals surface area contributed by atoms with Crippen LogP contribution < -0.4 is 5.73 Å². The van der Waals surface area contributed by atoms with E-state index in [1.807, 2.05) is 0 Å². The summed E-state index contributed by atoms with van der Waals surface area (Å²) in [6, 6.07) is 4.61. The first-order valence-electron chi connectivity index (χ1n) is 3.77. The monoisotopic (exact) mass is 192 g/mol. The lowest BCUT2D eigenvalue weighted by molar-refractivity contribution is -0.131. The van der Waals surface area contributed by atoms with E-state index in [1.165, 1.54) is 12.1 Å². The third kappa shape index (κ3) is 2.71. The number of carbonyl (C=O) groups excluding carboxylic acids is 1. The molecule has 0 aliphatic rings. The fraction of sp³-hybridized carbons (Fsp3) is 0. The number of pyridine rings is 1. The van der Waals surface area contributed by atoms with E-state index in [9.17, 15) is 9.59 Å². The van der Waals surface area contributed by atoms with E-state index >= 15 is 0 Å². The van der Waals surface area contributed by atoms with Crippen LogP contribution in [0.1, 0.15) is 16.2 Å². The molecule has 1 amide bonds. The van der Waals surface area contributed by atoms with E-state index in [-0.39, 0.29) is 5.69 Å². The number of primary amides is 1. The van der Waals surface area contributed by atoms with Gasteiger partial charge in [0, 0.05) is 6.08 Å². The molecule has 0 aliphatic carbocycles.